The van der Waals surface area contributed by atoms with Crippen LogP contribution in [0.3, 0.4) is 0 Å². The summed E-state index contributed by atoms with van der Waals surface area (Å²) in [5.74, 6) is 0. The quantitative estimate of drug-likeness (QED) is 0.465. The molecule has 82 valence electrons. The van der Waals surface area contributed by atoms with Gasteiger partial charge in [0.2, 0.25) is 0 Å². The van der Waals surface area contributed by atoms with E-state index < -0.39 is 0 Å². The van der Waals surface area contributed by atoms with E-state index in [0.717, 1.165) is 45.4 Å². The largest absolute Gasteiger partial charge is 0.376 e. The predicted molar refractivity (Wildman–Crippen MR) is 54.3 cm³/mol. The van der Waals surface area contributed by atoms with Crippen molar-refractivity contribution in [2.24, 2.45) is 0 Å². The Balaban J connectivity index is 1.85. The molecule has 0 aliphatic carbocycles. The van der Waals surface area contributed by atoms with Crippen LogP contribution in [0.2, 0.25) is 0 Å². The maximum absolute atomic E-state index is 10.0. The van der Waals surface area contributed by atoms with Crippen LogP contribution < -0.4 is 0 Å². The van der Waals surface area contributed by atoms with Crippen molar-refractivity contribution in [2.45, 2.75) is 44.6 Å². The zero-order valence-electron chi connectivity index (χ0n) is 8.74. The lowest BCUT2D eigenvalue weighted by atomic mass is 10.1. The molecule has 0 spiro atoms. The number of hydrogen-bond acceptors (Lipinski definition) is 3. The van der Waals surface area contributed by atoms with Crippen molar-refractivity contribution in [1.29, 1.82) is 0 Å². The van der Waals surface area contributed by atoms with Crippen LogP contribution in [0.5, 0.6) is 0 Å². The Kier molecular flexibility index (Phi) is 6.62. The Morgan fingerprint density at radius 2 is 2.00 bits per heavy atom. The third-order valence-corrected chi connectivity index (χ3v) is 2.48. The Morgan fingerprint density at radius 1 is 1.14 bits per heavy atom. The fraction of sp³-hybridized carbons (Fsp3) is 0.909. The van der Waals surface area contributed by atoms with Gasteiger partial charge in [-0.05, 0) is 12.8 Å². The first-order chi connectivity index (χ1) is 6.93. The number of carbonyl (C=O) groups excluding carboxylic acids is 1. The van der Waals surface area contributed by atoms with E-state index in [2.05, 4.69) is 0 Å². The average Bonchev–Trinajstić information content (AvgIpc) is 2.25. The van der Waals surface area contributed by atoms with Crippen LogP contribution in [0.25, 0.3) is 0 Å². The molecule has 0 aromatic rings. The van der Waals surface area contributed by atoms with Crippen LogP contribution in [0.1, 0.15) is 38.5 Å². The number of rotatable bonds is 7. The second kappa shape index (κ2) is 7.94. The van der Waals surface area contributed by atoms with Crippen LogP contribution in [-0.2, 0) is 14.3 Å². The maximum atomic E-state index is 10.0. The second-order valence-corrected chi connectivity index (χ2v) is 3.73. The molecule has 0 aromatic carbocycles. The normalized spacial score (nSPS) is 22.1. The molecule has 1 aliphatic heterocycles. The molecule has 1 fully saturated rings. The van der Waals surface area contributed by atoms with Gasteiger partial charge in [0.15, 0.2) is 0 Å². The van der Waals surface area contributed by atoms with Gasteiger partial charge in [0, 0.05) is 6.42 Å². The highest BCUT2D eigenvalue weighted by atomic mass is 16.6. The van der Waals surface area contributed by atoms with Crippen molar-refractivity contribution < 1.29 is 14.3 Å². The van der Waals surface area contributed by atoms with Gasteiger partial charge in [-0.3, -0.25) is 0 Å². The summed E-state index contributed by atoms with van der Waals surface area (Å²) in [4.78, 5) is 10.0. The first-order valence-electron chi connectivity index (χ1n) is 5.56. The van der Waals surface area contributed by atoms with E-state index in [1.54, 1.807) is 0 Å². The molecular weight excluding hydrogens is 180 g/mol. The van der Waals surface area contributed by atoms with Crippen molar-refractivity contribution in [3.63, 3.8) is 0 Å². The molecule has 0 bridgehead atoms. The topological polar surface area (TPSA) is 35.5 Å². The Bertz CT molecular complexity index is 141. The Hall–Kier alpha value is -0.410. The number of hydrogen-bond donors (Lipinski definition) is 0. The number of unbranched alkanes of at least 4 members (excludes halogenated alkanes) is 4. The molecule has 1 saturated heterocycles. The summed E-state index contributed by atoms with van der Waals surface area (Å²) in [7, 11) is 0. The number of aldehydes is 1. The van der Waals surface area contributed by atoms with Gasteiger partial charge in [0.05, 0.1) is 25.9 Å². The van der Waals surface area contributed by atoms with E-state index in [9.17, 15) is 4.79 Å². The average molecular weight is 200 g/mol. The van der Waals surface area contributed by atoms with E-state index in [1.807, 2.05) is 0 Å². The molecule has 0 amide bonds. The van der Waals surface area contributed by atoms with Gasteiger partial charge in [0.25, 0.3) is 0 Å². The summed E-state index contributed by atoms with van der Waals surface area (Å²) >= 11 is 0. The lowest BCUT2D eigenvalue weighted by molar-refractivity contribution is -0.107. The molecule has 0 saturated carbocycles. The van der Waals surface area contributed by atoms with E-state index in [0.29, 0.717) is 12.5 Å². The highest BCUT2D eigenvalue weighted by Crippen LogP contribution is 2.11. The lowest BCUT2D eigenvalue weighted by Crippen LogP contribution is -2.28. The summed E-state index contributed by atoms with van der Waals surface area (Å²) in [6.07, 6.45) is 7.70. The standard InChI is InChI=1S/C11H20O3/c12-7-5-3-1-2-4-6-11-10-13-8-9-14-11/h7,11H,1-6,8-10H2. The fourth-order valence-electron chi connectivity index (χ4n) is 1.66. The maximum Gasteiger partial charge on any atom is 0.119 e. The van der Waals surface area contributed by atoms with Gasteiger partial charge < -0.3 is 14.3 Å². The minimum atomic E-state index is 0.315. The fourth-order valence-corrected chi connectivity index (χ4v) is 1.66. The zero-order valence-corrected chi connectivity index (χ0v) is 8.74. The van der Waals surface area contributed by atoms with E-state index in [1.165, 1.54) is 12.8 Å². The highest BCUT2D eigenvalue weighted by molar-refractivity contribution is 5.48. The Morgan fingerprint density at radius 3 is 2.71 bits per heavy atom. The molecule has 0 aromatic heterocycles. The van der Waals surface area contributed by atoms with Crippen molar-refractivity contribution >= 4 is 6.29 Å². The van der Waals surface area contributed by atoms with Crippen LogP contribution in [-0.4, -0.2) is 32.2 Å². The van der Waals surface area contributed by atoms with Gasteiger partial charge in [-0.25, -0.2) is 0 Å². The van der Waals surface area contributed by atoms with Crippen molar-refractivity contribution in [2.75, 3.05) is 19.8 Å². The van der Waals surface area contributed by atoms with E-state index in [4.69, 9.17) is 9.47 Å². The summed E-state index contributed by atoms with van der Waals surface area (Å²) < 4.78 is 10.8. The molecule has 3 nitrogen and oxygen atoms in total. The van der Waals surface area contributed by atoms with Gasteiger partial charge in [-0.1, -0.05) is 19.3 Å². The van der Waals surface area contributed by atoms with Crippen LogP contribution >= 0.6 is 0 Å². The molecule has 14 heavy (non-hydrogen) atoms. The SMILES string of the molecule is O=CCCCCCCC1COCCO1. The van der Waals surface area contributed by atoms with Crippen molar-refractivity contribution in [1.82, 2.24) is 0 Å². The molecule has 0 radical (unpaired) electrons. The smallest absolute Gasteiger partial charge is 0.119 e. The molecule has 1 atom stereocenters. The second-order valence-electron chi connectivity index (χ2n) is 3.73. The third-order valence-electron chi connectivity index (χ3n) is 2.48. The molecular formula is C11H20O3. The molecule has 1 unspecified atom stereocenters. The lowest BCUT2D eigenvalue weighted by Gasteiger charge is -2.22. The highest BCUT2D eigenvalue weighted by Gasteiger charge is 2.12. The van der Waals surface area contributed by atoms with Crippen molar-refractivity contribution in [3.05, 3.63) is 0 Å². The first kappa shape index (κ1) is 11.7. The molecule has 1 aliphatic rings. The Labute approximate surface area is 85.8 Å². The molecule has 1 rings (SSSR count). The monoisotopic (exact) mass is 200 g/mol. The predicted octanol–water partition coefficient (Wildman–Crippen LogP) is 1.94. The van der Waals surface area contributed by atoms with E-state index in [-0.39, 0.29) is 0 Å². The minimum Gasteiger partial charge on any atom is -0.376 e. The third kappa shape index (κ3) is 5.35. The van der Waals surface area contributed by atoms with Gasteiger partial charge in [-0.15, -0.1) is 0 Å². The van der Waals surface area contributed by atoms with Gasteiger partial charge >= 0.3 is 0 Å². The molecule has 1 heterocycles. The summed E-state index contributed by atoms with van der Waals surface area (Å²) in [6, 6.07) is 0. The molecule has 3 heteroatoms. The summed E-state index contributed by atoms with van der Waals surface area (Å²) in [6.45, 7) is 2.25. The molecule has 0 N–H and O–H groups in total. The van der Waals surface area contributed by atoms with Crippen molar-refractivity contribution in [3.8, 4) is 0 Å². The van der Waals surface area contributed by atoms with E-state index >= 15 is 0 Å². The minimum absolute atomic E-state index is 0.315. The van der Waals surface area contributed by atoms with Gasteiger partial charge in [-0.2, -0.15) is 0 Å². The summed E-state index contributed by atoms with van der Waals surface area (Å²) in [5, 5.41) is 0. The van der Waals surface area contributed by atoms with Crippen LogP contribution in [0, 0.1) is 0 Å². The van der Waals surface area contributed by atoms with Crippen LogP contribution in [0.4, 0.5) is 0 Å². The summed E-state index contributed by atoms with van der Waals surface area (Å²) in [5.41, 5.74) is 0. The van der Waals surface area contributed by atoms with Crippen LogP contribution in [0.15, 0.2) is 0 Å². The number of carbonyl (C=O) groups is 1. The van der Waals surface area contributed by atoms with Gasteiger partial charge in [0.1, 0.15) is 6.29 Å². The first-order valence-corrected chi connectivity index (χ1v) is 5.56. The zero-order chi connectivity index (χ0) is 10.1. The number of ether oxygens (including phenoxy) is 2.